The van der Waals surface area contributed by atoms with Gasteiger partial charge in [0.05, 0.1) is 19.3 Å². The van der Waals surface area contributed by atoms with Crippen molar-refractivity contribution in [3.05, 3.63) is 18.7 Å². The third-order valence-electron chi connectivity index (χ3n) is 1.65. The first-order valence-electron chi connectivity index (χ1n) is 4.16. The average Bonchev–Trinajstić information content (AvgIpc) is 2.69. The minimum atomic E-state index is -0.394. The summed E-state index contributed by atoms with van der Waals surface area (Å²) < 4.78 is 6.10. The molecule has 0 aliphatic carbocycles. The molecule has 0 radical (unpaired) electrons. The summed E-state index contributed by atoms with van der Waals surface area (Å²) in [6.45, 7) is 0.116. The number of aliphatic hydroxyl groups is 1. The highest BCUT2D eigenvalue weighted by molar-refractivity contribution is 5.76. The number of rotatable bonds is 4. The van der Waals surface area contributed by atoms with Gasteiger partial charge in [-0.25, -0.2) is 9.78 Å². The van der Waals surface area contributed by atoms with Crippen LogP contribution in [0.2, 0.25) is 0 Å². The van der Waals surface area contributed by atoms with Crippen molar-refractivity contribution in [3.63, 3.8) is 0 Å². The summed E-state index contributed by atoms with van der Waals surface area (Å²) in [6, 6.07) is -0.728. The Labute approximate surface area is 81.5 Å². The van der Waals surface area contributed by atoms with Gasteiger partial charge in [0.15, 0.2) is 0 Å². The van der Waals surface area contributed by atoms with Crippen molar-refractivity contribution >= 4 is 6.03 Å². The number of carbonyl (C=O) groups is 1. The van der Waals surface area contributed by atoms with Crippen LogP contribution in [-0.2, 0) is 4.74 Å². The van der Waals surface area contributed by atoms with Crippen LogP contribution in [0.1, 0.15) is 0 Å². The van der Waals surface area contributed by atoms with Crippen molar-refractivity contribution in [2.24, 2.45) is 0 Å². The van der Waals surface area contributed by atoms with Crippen molar-refractivity contribution < 1.29 is 14.6 Å². The largest absolute Gasteiger partial charge is 0.394 e. The van der Waals surface area contributed by atoms with Crippen LogP contribution in [0.25, 0.3) is 0 Å². The van der Waals surface area contributed by atoms with Gasteiger partial charge in [-0.3, -0.25) is 4.57 Å². The van der Waals surface area contributed by atoms with Crippen LogP contribution in [0.4, 0.5) is 4.79 Å². The minimum absolute atomic E-state index is 0.158. The highest BCUT2D eigenvalue weighted by Crippen LogP contribution is 1.88. The van der Waals surface area contributed by atoms with Crippen LogP contribution >= 0.6 is 0 Å². The van der Waals surface area contributed by atoms with Gasteiger partial charge in [0.2, 0.25) is 0 Å². The standard InChI is InChI=1S/C8H13N3O3/c1-14-5-7(4-12)10-8(13)11-3-2-9-6-11/h2-3,6-7,12H,4-5H2,1H3,(H,10,13). The number of nitrogens with one attached hydrogen (secondary N) is 1. The van der Waals surface area contributed by atoms with Crippen molar-refractivity contribution in [2.45, 2.75) is 6.04 Å². The van der Waals surface area contributed by atoms with Crippen molar-refractivity contribution in [1.29, 1.82) is 0 Å². The first-order valence-corrected chi connectivity index (χ1v) is 4.16. The fourth-order valence-electron chi connectivity index (χ4n) is 0.970. The minimum Gasteiger partial charge on any atom is -0.394 e. The number of aromatic nitrogens is 2. The van der Waals surface area contributed by atoms with E-state index in [-0.39, 0.29) is 19.2 Å². The summed E-state index contributed by atoms with van der Waals surface area (Å²) in [5.41, 5.74) is 0. The van der Waals surface area contributed by atoms with Crippen molar-refractivity contribution in [3.8, 4) is 0 Å². The molecule has 1 unspecified atom stereocenters. The zero-order chi connectivity index (χ0) is 10.4. The van der Waals surface area contributed by atoms with E-state index < -0.39 is 6.04 Å². The molecule has 0 aliphatic rings. The average molecular weight is 199 g/mol. The number of hydrogen-bond acceptors (Lipinski definition) is 4. The van der Waals surface area contributed by atoms with Gasteiger partial charge >= 0.3 is 6.03 Å². The monoisotopic (exact) mass is 199 g/mol. The number of imidazole rings is 1. The highest BCUT2D eigenvalue weighted by Gasteiger charge is 2.11. The van der Waals surface area contributed by atoms with E-state index >= 15 is 0 Å². The lowest BCUT2D eigenvalue weighted by atomic mass is 10.3. The second kappa shape index (κ2) is 5.36. The summed E-state index contributed by atoms with van der Waals surface area (Å²) in [7, 11) is 1.51. The fourth-order valence-corrected chi connectivity index (χ4v) is 0.970. The molecule has 6 nitrogen and oxygen atoms in total. The first kappa shape index (κ1) is 10.7. The molecule has 0 aromatic carbocycles. The molecular weight excluding hydrogens is 186 g/mol. The number of hydrogen-bond donors (Lipinski definition) is 2. The van der Waals surface area contributed by atoms with E-state index in [0.29, 0.717) is 0 Å². The predicted molar refractivity (Wildman–Crippen MR) is 48.9 cm³/mol. The molecule has 2 N–H and O–H groups in total. The maximum atomic E-state index is 11.4. The molecule has 78 valence electrons. The van der Waals surface area contributed by atoms with E-state index in [1.54, 1.807) is 0 Å². The fraction of sp³-hybridized carbons (Fsp3) is 0.500. The highest BCUT2D eigenvalue weighted by atomic mass is 16.5. The number of carbonyl (C=O) groups excluding carboxylic acids is 1. The number of methoxy groups -OCH3 is 1. The maximum absolute atomic E-state index is 11.4. The van der Waals surface area contributed by atoms with E-state index in [1.807, 2.05) is 0 Å². The van der Waals surface area contributed by atoms with Gasteiger partial charge in [-0.15, -0.1) is 0 Å². The Kier molecular flexibility index (Phi) is 4.09. The summed E-state index contributed by atoms with van der Waals surface area (Å²) in [5.74, 6) is 0. The summed E-state index contributed by atoms with van der Waals surface area (Å²) in [4.78, 5) is 15.1. The number of nitrogens with zero attached hydrogens (tertiary/aromatic N) is 2. The number of amides is 1. The third kappa shape index (κ3) is 2.82. The van der Waals surface area contributed by atoms with E-state index in [9.17, 15) is 4.79 Å². The lowest BCUT2D eigenvalue weighted by molar-refractivity contribution is 0.130. The van der Waals surface area contributed by atoms with Gasteiger partial charge in [-0.1, -0.05) is 0 Å². The lowest BCUT2D eigenvalue weighted by Crippen LogP contribution is -2.42. The van der Waals surface area contributed by atoms with E-state index in [4.69, 9.17) is 9.84 Å². The molecule has 1 atom stereocenters. The van der Waals surface area contributed by atoms with Crippen LogP contribution in [0.5, 0.6) is 0 Å². The van der Waals surface area contributed by atoms with Crippen molar-refractivity contribution in [2.75, 3.05) is 20.3 Å². The lowest BCUT2D eigenvalue weighted by Gasteiger charge is -2.14. The number of ether oxygens (including phenoxy) is 1. The summed E-state index contributed by atoms with van der Waals surface area (Å²) in [6.07, 6.45) is 4.41. The molecule has 0 fully saturated rings. The predicted octanol–water partition coefficient (Wildman–Crippen LogP) is -0.552. The molecular formula is C8H13N3O3. The Bertz CT molecular complexity index is 273. The molecule has 1 heterocycles. The van der Waals surface area contributed by atoms with Gasteiger partial charge in [0.25, 0.3) is 0 Å². The van der Waals surface area contributed by atoms with E-state index in [1.165, 1.54) is 30.4 Å². The van der Waals surface area contributed by atoms with Crippen LogP contribution in [0.3, 0.4) is 0 Å². The maximum Gasteiger partial charge on any atom is 0.327 e. The quantitative estimate of drug-likeness (QED) is 0.682. The Hall–Kier alpha value is -1.40. The van der Waals surface area contributed by atoms with E-state index in [0.717, 1.165) is 0 Å². The second-order valence-electron chi connectivity index (χ2n) is 2.75. The van der Waals surface area contributed by atoms with Gasteiger partial charge < -0.3 is 15.2 Å². The second-order valence-corrected chi connectivity index (χ2v) is 2.75. The van der Waals surface area contributed by atoms with Crippen LogP contribution in [0.15, 0.2) is 18.7 Å². The Morgan fingerprint density at radius 3 is 3.07 bits per heavy atom. The van der Waals surface area contributed by atoms with Gasteiger partial charge in [-0.2, -0.15) is 0 Å². The van der Waals surface area contributed by atoms with Crippen molar-refractivity contribution in [1.82, 2.24) is 14.9 Å². The van der Waals surface area contributed by atoms with Crippen LogP contribution in [0, 0.1) is 0 Å². The zero-order valence-electron chi connectivity index (χ0n) is 7.88. The van der Waals surface area contributed by atoms with Crippen LogP contribution in [-0.4, -0.2) is 47.1 Å². The van der Waals surface area contributed by atoms with E-state index in [2.05, 4.69) is 10.3 Å². The molecule has 6 heteroatoms. The molecule has 0 aliphatic heterocycles. The molecule has 0 saturated carbocycles. The zero-order valence-corrected chi connectivity index (χ0v) is 7.88. The normalized spacial score (nSPS) is 12.4. The molecule has 14 heavy (non-hydrogen) atoms. The molecule has 0 bridgehead atoms. The number of aliphatic hydroxyl groups excluding tert-OH is 1. The Balaban J connectivity index is 2.47. The third-order valence-corrected chi connectivity index (χ3v) is 1.65. The topological polar surface area (TPSA) is 76.4 Å². The SMILES string of the molecule is COCC(CO)NC(=O)n1ccnc1. The molecule has 0 saturated heterocycles. The Morgan fingerprint density at radius 1 is 1.79 bits per heavy atom. The molecule has 1 rings (SSSR count). The van der Waals surface area contributed by atoms with Gasteiger partial charge in [0, 0.05) is 19.5 Å². The van der Waals surface area contributed by atoms with Gasteiger partial charge in [-0.05, 0) is 0 Å². The summed E-state index contributed by atoms with van der Waals surface area (Å²) >= 11 is 0. The smallest absolute Gasteiger partial charge is 0.327 e. The summed E-state index contributed by atoms with van der Waals surface area (Å²) in [5, 5.41) is 11.5. The first-order chi connectivity index (χ1) is 6.77. The molecule has 1 aromatic rings. The molecule has 1 amide bonds. The Morgan fingerprint density at radius 2 is 2.57 bits per heavy atom. The molecule has 0 spiro atoms. The van der Waals surface area contributed by atoms with Crippen LogP contribution < -0.4 is 5.32 Å². The van der Waals surface area contributed by atoms with Gasteiger partial charge in [0.1, 0.15) is 6.33 Å². The molecule has 1 aromatic heterocycles.